The summed E-state index contributed by atoms with van der Waals surface area (Å²) in [4.78, 5) is 0. The second kappa shape index (κ2) is 16.6. The first kappa shape index (κ1) is 36.5. The van der Waals surface area contributed by atoms with Gasteiger partial charge in [-0.3, -0.25) is 0 Å². The van der Waals surface area contributed by atoms with Crippen molar-refractivity contribution in [3.05, 3.63) is 255 Å². The zero-order chi connectivity index (χ0) is 40.1. The lowest BCUT2D eigenvalue weighted by Gasteiger charge is -2.29. The first-order chi connectivity index (χ1) is 29.8. The van der Waals surface area contributed by atoms with Crippen molar-refractivity contribution in [2.45, 2.75) is 0 Å². The molecule has 0 nitrogen and oxygen atoms in total. The summed E-state index contributed by atoms with van der Waals surface area (Å²) in [6.45, 7) is 0. The van der Waals surface area contributed by atoms with Crippen molar-refractivity contribution in [1.82, 2.24) is 0 Å². The summed E-state index contributed by atoms with van der Waals surface area (Å²) < 4.78 is 0. The highest BCUT2D eigenvalue weighted by atomic mass is 14.3. The van der Waals surface area contributed by atoms with Gasteiger partial charge in [-0.1, -0.05) is 255 Å². The Morgan fingerprint density at radius 1 is 0.100 bits per heavy atom. The Morgan fingerprint density at radius 3 is 0.400 bits per heavy atom. The van der Waals surface area contributed by atoms with E-state index in [0.29, 0.717) is 0 Å². The Bertz CT molecular complexity index is 2620. The summed E-state index contributed by atoms with van der Waals surface area (Å²) in [5, 5.41) is 0. The predicted molar refractivity (Wildman–Crippen MR) is 255 cm³/mol. The monoisotopic (exact) mass is 762 g/mol. The lowest BCUT2D eigenvalue weighted by Crippen LogP contribution is -2.02. The van der Waals surface area contributed by atoms with Crippen molar-refractivity contribution < 1.29 is 0 Å². The SMILES string of the molecule is c1ccc(-c2ccc(-c3c(-c4ccccc4)c(-c4ccc(-c5ccccc5)cc4)c(-c4ccccc4)c(-c4ccc(-c5ccccc5)cc4)c3-c3ccccc3)cc2)cc1. The maximum Gasteiger partial charge on any atom is -0.00139 e. The van der Waals surface area contributed by atoms with E-state index in [9.17, 15) is 0 Å². The predicted octanol–water partition coefficient (Wildman–Crippen LogP) is 16.7. The molecule has 0 amide bonds. The third-order valence-corrected chi connectivity index (χ3v) is 11.5. The van der Waals surface area contributed by atoms with E-state index < -0.39 is 0 Å². The van der Waals surface area contributed by atoms with Gasteiger partial charge in [0.25, 0.3) is 0 Å². The molecule has 282 valence electrons. The Labute approximate surface area is 353 Å². The van der Waals surface area contributed by atoms with Crippen molar-refractivity contribution in [3.63, 3.8) is 0 Å². The van der Waals surface area contributed by atoms with Crippen LogP contribution in [0.5, 0.6) is 0 Å². The van der Waals surface area contributed by atoms with Crippen molar-refractivity contribution in [2.24, 2.45) is 0 Å². The normalized spacial score (nSPS) is 11.0. The number of hydrogen-bond acceptors (Lipinski definition) is 0. The molecule has 10 aromatic carbocycles. The van der Waals surface area contributed by atoms with Gasteiger partial charge >= 0.3 is 0 Å². The lowest BCUT2D eigenvalue weighted by molar-refractivity contribution is 1.51. The van der Waals surface area contributed by atoms with Gasteiger partial charge in [0.05, 0.1) is 0 Å². The second-order valence-corrected chi connectivity index (χ2v) is 15.2. The Morgan fingerprint density at radius 2 is 0.217 bits per heavy atom. The Balaban J connectivity index is 1.37. The standard InChI is InChI=1S/C60H42/c1-7-19-43(20-8-1)46-31-37-52(38-32-46)58-55(49-25-13-4-14-26-49)59(53-39-33-47(34-40-53)44-21-9-2-10-22-44)57(51-29-17-6-18-30-51)60(56(58)50-27-15-5-16-28-50)54-41-35-48(36-42-54)45-23-11-3-12-24-45/h1-42H. The molecule has 0 heterocycles. The van der Waals surface area contributed by atoms with Gasteiger partial charge in [-0.05, 0) is 100 Å². The average Bonchev–Trinajstić information content (AvgIpc) is 3.35. The van der Waals surface area contributed by atoms with Gasteiger partial charge in [0.1, 0.15) is 0 Å². The highest BCUT2D eigenvalue weighted by molar-refractivity contribution is 6.15. The van der Waals surface area contributed by atoms with Crippen molar-refractivity contribution >= 4 is 0 Å². The largest absolute Gasteiger partial charge is 0.0622 e. The number of benzene rings is 10. The fraction of sp³-hybridized carbons (Fsp3) is 0. The molecular weight excluding hydrogens is 721 g/mol. The first-order valence-corrected chi connectivity index (χ1v) is 20.7. The van der Waals surface area contributed by atoms with Gasteiger partial charge in [-0.25, -0.2) is 0 Å². The molecule has 0 bridgehead atoms. The van der Waals surface area contributed by atoms with E-state index in [1.807, 2.05) is 0 Å². The summed E-state index contributed by atoms with van der Waals surface area (Å²) >= 11 is 0. The average molecular weight is 763 g/mol. The zero-order valence-corrected chi connectivity index (χ0v) is 33.2. The summed E-state index contributed by atoms with van der Waals surface area (Å²) in [5.74, 6) is 0. The molecule has 0 aliphatic heterocycles. The van der Waals surface area contributed by atoms with Gasteiger partial charge in [-0.15, -0.1) is 0 Å². The van der Waals surface area contributed by atoms with E-state index in [0.717, 1.165) is 16.7 Å². The first-order valence-electron chi connectivity index (χ1n) is 20.7. The highest BCUT2D eigenvalue weighted by Crippen LogP contribution is 2.56. The van der Waals surface area contributed by atoms with Crippen LogP contribution < -0.4 is 0 Å². The van der Waals surface area contributed by atoms with Crippen LogP contribution in [0.1, 0.15) is 0 Å². The van der Waals surface area contributed by atoms with Crippen LogP contribution in [0.2, 0.25) is 0 Å². The van der Waals surface area contributed by atoms with Gasteiger partial charge in [-0.2, -0.15) is 0 Å². The Kier molecular flexibility index (Phi) is 10.1. The minimum atomic E-state index is 1.16. The summed E-state index contributed by atoms with van der Waals surface area (Å²) in [6.07, 6.45) is 0. The Hall–Kier alpha value is -7.80. The third kappa shape index (κ3) is 7.17. The van der Waals surface area contributed by atoms with Gasteiger partial charge in [0.15, 0.2) is 0 Å². The number of rotatable bonds is 9. The van der Waals surface area contributed by atoms with Crippen LogP contribution in [0.3, 0.4) is 0 Å². The van der Waals surface area contributed by atoms with Crippen molar-refractivity contribution in [1.29, 1.82) is 0 Å². The molecule has 0 heteroatoms. The van der Waals surface area contributed by atoms with E-state index >= 15 is 0 Å². The zero-order valence-electron chi connectivity index (χ0n) is 33.2. The maximum absolute atomic E-state index is 2.32. The van der Waals surface area contributed by atoms with E-state index in [4.69, 9.17) is 0 Å². The van der Waals surface area contributed by atoms with E-state index in [2.05, 4.69) is 255 Å². The molecule has 0 aliphatic rings. The molecule has 0 fully saturated rings. The molecule has 0 radical (unpaired) electrons. The van der Waals surface area contributed by atoms with Gasteiger partial charge < -0.3 is 0 Å². The van der Waals surface area contributed by atoms with Crippen LogP contribution in [0, 0.1) is 0 Å². The van der Waals surface area contributed by atoms with Crippen LogP contribution in [0.25, 0.3) is 100 Å². The van der Waals surface area contributed by atoms with E-state index in [1.165, 1.54) is 83.5 Å². The van der Waals surface area contributed by atoms with Crippen LogP contribution in [-0.4, -0.2) is 0 Å². The molecule has 10 aromatic rings. The molecule has 60 heavy (non-hydrogen) atoms. The molecular formula is C60H42. The molecule has 0 aromatic heterocycles. The van der Waals surface area contributed by atoms with E-state index in [1.54, 1.807) is 0 Å². The van der Waals surface area contributed by atoms with Crippen molar-refractivity contribution in [3.8, 4) is 100 Å². The van der Waals surface area contributed by atoms with Gasteiger partial charge in [0.2, 0.25) is 0 Å². The fourth-order valence-electron chi connectivity index (χ4n) is 8.68. The molecule has 0 saturated heterocycles. The topological polar surface area (TPSA) is 0 Å². The smallest absolute Gasteiger partial charge is 0.00139 e. The lowest BCUT2D eigenvalue weighted by atomic mass is 9.74. The molecule has 0 spiro atoms. The molecule has 10 rings (SSSR count). The van der Waals surface area contributed by atoms with Crippen molar-refractivity contribution in [2.75, 3.05) is 0 Å². The van der Waals surface area contributed by atoms with Crippen LogP contribution >= 0.6 is 0 Å². The summed E-state index contributed by atoms with van der Waals surface area (Å²) in [5.41, 5.74) is 21.4. The van der Waals surface area contributed by atoms with E-state index in [-0.39, 0.29) is 0 Å². The minimum absolute atomic E-state index is 1.16. The molecule has 0 N–H and O–H groups in total. The van der Waals surface area contributed by atoms with Crippen LogP contribution in [0.15, 0.2) is 255 Å². The molecule has 0 unspecified atom stereocenters. The molecule has 0 saturated carbocycles. The minimum Gasteiger partial charge on any atom is -0.0622 e. The summed E-state index contributed by atoms with van der Waals surface area (Å²) in [6, 6.07) is 92.6. The highest BCUT2D eigenvalue weighted by Gasteiger charge is 2.29. The third-order valence-electron chi connectivity index (χ3n) is 11.5. The number of hydrogen-bond donors (Lipinski definition) is 0. The molecule has 0 atom stereocenters. The summed E-state index contributed by atoms with van der Waals surface area (Å²) in [7, 11) is 0. The van der Waals surface area contributed by atoms with Crippen LogP contribution in [0.4, 0.5) is 0 Å². The van der Waals surface area contributed by atoms with Gasteiger partial charge in [0, 0.05) is 0 Å². The quantitative estimate of drug-likeness (QED) is 0.137. The fourth-order valence-corrected chi connectivity index (χ4v) is 8.68. The van der Waals surface area contributed by atoms with Crippen LogP contribution in [-0.2, 0) is 0 Å². The maximum atomic E-state index is 2.32. The second-order valence-electron chi connectivity index (χ2n) is 15.2. The molecule has 0 aliphatic carbocycles.